The van der Waals surface area contributed by atoms with E-state index in [-0.39, 0.29) is 35.6 Å². The van der Waals surface area contributed by atoms with E-state index in [0.29, 0.717) is 0 Å². The SMILES string of the molecule is CC1(C)[C-]=Cc2cc3c(cc21)Cc1cc2c(cc1-3)C=CC2(C)C.Cl.Cl.Clc1c[c-]ccc1.Clc1c[c-]ccc1.[C-]1=CC=CC1.[CH2]=[Zr]. The second kappa shape index (κ2) is 18.3. The average Bonchev–Trinajstić information content (AvgIpc) is 3.82. The van der Waals surface area contributed by atoms with Crippen LogP contribution in [0.3, 0.4) is 0 Å². The molecule has 46 heavy (non-hydrogen) atoms. The molecule has 238 valence electrons. The summed E-state index contributed by atoms with van der Waals surface area (Å²) in [6.45, 7) is 9.13. The van der Waals surface area contributed by atoms with Gasteiger partial charge in [-0.2, -0.15) is 95.5 Å². The number of benzene rings is 4. The molecule has 0 bridgehead atoms. The predicted molar refractivity (Wildman–Crippen MR) is 201 cm³/mol. The summed E-state index contributed by atoms with van der Waals surface area (Å²) in [7, 11) is 0. The van der Waals surface area contributed by atoms with Crippen LogP contribution in [0.5, 0.6) is 0 Å². The first-order valence-corrected chi connectivity index (χ1v) is 17.1. The quantitative estimate of drug-likeness (QED) is 0.138. The third-order valence-electron chi connectivity index (χ3n) is 7.78. The Kier molecular flexibility index (Phi) is 15.9. The number of rotatable bonds is 0. The molecule has 0 atom stereocenters. The van der Waals surface area contributed by atoms with Crippen molar-refractivity contribution < 1.29 is 24.2 Å². The first-order valence-electron chi connectivity index (χ1n) is 14.6. The summed E-state index contributed by atoms with van der Waals surface area (Å²) >= 11 is 12.3. The molecule has 0 saturated heterocycles. The molecule has 0 nitrogen and oxygen atoms in total. The summed E-state index contributed by atoms with van der Waals surface area (Å²) in [5, 5.41) is 1.48. The number of halogens is 4. The van der Waals surface area contributed by atoms with Crippen LogP contribution in [0.2, 0.25) is 10.0 Å². The van der Waals surface area contributed by atoms with Crippen LogP contribution in [-0.4, -0.2) is 4.21 Å². The van der Waals surface area contributed by atoms with Crippen molar-refractivity contribution in [2.24, 2.45) is 0 Å². The van der Waals surface area contributed by atoms with E-state index in [2.05, 4.69) is 105 Å². The van der Waals surface area contributed by atoms with Gasteiger partial charge in [0.05, 0.1) is 0 Å². The Hall–Kier alpha value is -2.25. The van der Waals surface area contributed by atoms with Gasteiger partial charge in [-0.15, -0.1) is 42.9 Å². The normalized spacial score (nSPS) is 14.8. The van der Waals surface area contributed by atoms with Crippen molar-refractivity contribution in [3.8, 4) is 11.1 Å². The van der Waals surface area contributed by atoms with Crippen molar-refractivity contribution in [1.29, 1.82) is 0 Å². The van der Waals surface area contributed by atoms with Gasteiger partial charge in [-0.25, -0.2) is 18.2 Å². The fourth-order valence-corrected chi connectivity index (χ4v) is 5.76. The summed E-state index contributed by atoms with van der Waals surface area (Å²) < 4.78 is 3.34. The van der Waals surface area contributed by atoms with Crippen LogP contribution in [0, 0.1) is 24.3 Å². The summed E-state index contributed by atoms with van der Waals surface area (Å²) in [6, 6.07) is 29.7. The molecule has 0 radical (unpaired) electrons. The van der Waals surface area contributed by atoms with Crippen molar-refractivity contribution in [3.05, 3.63) is 165 Å². The molecule has 4 aromatic carbocycles. The predicted octanol–water partition coefficient (Wildman–Crippen LogP) is 12.1. The summed E-state index contributed by atoms with van der Waals surface area (Å²) in [5.74, 6) is 0. The van der Waals surface area contributed by atoms with Gasteiger partial charge in [-0.05, 0) is 45.9 Å². The molecule has 4 aliphatic carbocycles. The number of hydrogen-bond donors (Lipinski definition) is 0. The van der Waals surface area contributed by atoms with Gasteiger partial charge in [-0.3, -0.25) is 12.2 Å². The van der Waals surface area contributed by atoms with E-state index in [0.717, 1.165) is 22.9 Å². The van der Waals surface area contributed by atoms with E-state index >= 15 is 0 Å². The number of allylic oxidation sites excluding steroid dienone is 6. The third-order valence-corrected chi connectivity index (χ3v) is 8.25. The maximum absolute atomic E-state index is 5.51. The summed E-state index contributed by atoms with van der Waals surface area (Å²) in [5.41, 5.74) is 11.7. The molecule has 0 N–H and O–H groups in total. The Bertz CT molecular complexity index is 1570. The molecule has 5 heteroatoms. The minimum absolute atomic E-state index is 0. The molecule has 0 amide bonds. The van der Waals surface area contributed by atoms with Gasteiger partial charge in [-0.1, -0.05) is 67.4 Å². The van der Waals surface area contributed by atoms with E-state index in [1.165, 1.54) is 68.7 Å². The van der Waals surface area contributed by atoms with Crippen LogP contribution < -0.4 is 0 Å². The van der Waals surface area contributed by atoms with E-state index in [1.54, 1.807) is 12.1 Å². The second-order valence-corrected chi connectivity index (χ2v) is 12.7. The van der Waals surface area contributed by atoms with Gasteiger partial charge in [0.15, 0.2) is 0 Å². The molecule has 0 aliphatic heterocycles. The van der Waals surface area contributed by atoms with Crippen LogP contribution >= 0.6 is 48.0 Å². The first kappa shape index (κ1) is 39.9. The molecule has 0 fully saturated rings. The third kappa shape index (κ3) is 10.1. The molecule has 0 unspecified atom stereocenters. The Morgan fingerprint density at radius 3 is 1.78 bits per heavy atom. The van der Waals surface area contributed by atoms with Crippen LogP contribution in [0.4, 0.5) is 0 Å². The zero-order valence-corrected chi connectivity index (χ0v) is 32.2. The van der Waals surface area contributed by atoms with E-state index in [1.807, 2.05) is 48.6 Å². The second-order valence-electron chi connectivity index (χ2n) is 11.8. The fourth-order valence-electron chi connectivity index (χ4n) is 5.49. The van der Waals surface area contributed by atoms with Gasteiger partial charge in [0.25, 0.3) is 0 Å². The van der Waals surface area contributed by atoms with E-state index in [9.17, 15) is 0 Å². The number of hydrogen-bond acceptors (Lipinski definition) is 0. The summed E-state index contributed by atoms with van der Waals surface area (Å²) in [4.78, 5) is 0. The van der Waals surface area contributed by atoms with E-state index < -0.39 is 0 Å². The summed E-state index contributed by atoms with van der Waals surface area (Å²) in [6.07, 6.45) is 21.4. The molecule has 0 heterocycles. The Labute approximate surface area is 313 Å². The molecule has 0 saturated carbocycles. The van der Waals surface area contributed by atoms with Gasteiger partial charge < -0.3 is 0 Å². The minimum atomic E-state index is 0. The van der Waals surface area contributed by atoms with Crippen molar-refractivity contribution >= 4 is 64.4 Å². The van der Waals surface area contributed by atoms with Crippen LogP contribution in [0.15, 0.2) is 97.1 Å². The van der Waals surface area contributed by atoms with Gasteiger partial charge in [0.2, 0.25) is 0 Å². The standard InChI is InChI=1S/C23H21.2C6H4Cl.C5H5.CH2.2ClH.Zr/c1-22(2)7-5-14-10-18-16(12-20(14)22)9-17-13-21-15(11-19(17)18)6-8-23(21,3)4;2*7-6-4-2-1-3-5-6;1-2-4-5-3-1;;;;/h5-7,10-13H,9H2,1-4H3;2*1-2,4-5H;1-3H,4H2;1H2;2*1H;/q4*-1;;;;. The first-order chi connectivity index (χ1) is 21.1. The zero-order chi connectivity index (χ0) is 31.7. The topological polar surface area (TPSA) is 0 Å². The van der Waals surface area contributed by atoms with Crippen LogP contribution in [-0.2, 0) is 41.5 Å². The molecular weight excluding hydrogens is 725 g/mol. The van der Waals surface area contributed by atoms with Crippen molar-refractivity contribution in [1.82, 2.24) is 0 Å². The average molecular weight is 764 g/mol. The van der Waals surface area contributed by atoms with E-state index in [4.69, 9.17) is 23.2 Å². The van der Waals surface area contributed by atoms with Crippen molar-refractivity contribution in [2.75, 3.05) is 0 Å². The van der Waals surface area contributed by atoms with Gasteiger partial charge in [0, 0.05) is 5.41 Å². The van der Waals surface area contributed by atoms with Crippen LogP contribution in [0.1, 0.15) is 67.5 Å². The zero-order valence-electron chi connectivity index (χ0n) is 26.6. The molecule has 8 rings (SSSR count). The molecule has 0 aromatic heterocycles. The molecule has 4 aromatic rings. The fraction of sp³-hybridized carbons (Fsp3) is 0.195. The molecule has 4 aliphatic rings. The Morgan fingerprint density at radius 1 is 0.783 bits per heavy atom. The molecule has 0 spiro atoms. The van der Waals surface area contributed by atoms with Gasteiger partial charge >= 0.3 is 28.4 Å². The Morgan fingerprint density at radius 2 is 1.35 bits per heavy atom. The van der Waals surface area contributed by atoms with Crippen LogP contribution in [0.25, 0.3) is 23.3 Å². The monoisotopic (exact) mass is 760 g/mol. The van der Waals surface area contributed by atoms with Crippen molar-refractivity contribution in [2.45, 2.75) is 51.4 Å². The Balaban J connectivity index is 0.000000263. The number of fused-ring (bicyclic) bond motifs is 5. The van der Waals surface area contributed by atoms with Crippen molar-refractivity contribution in [3.63, 3.8) is 0 Å². The van der Waals surface area contributed by atoms with Gasteiger partial charge in [0.1, 0.15) is 0 Å². The molecular formula is C41H38Cl4Zr-4. The maximum atomic E-state index is 5.51.